The van der Waals surface area contributed by atoms with E-state index in [0.29, 0.717) is 18.2 Å². The van der Waals surface area contributed by atoms with Crippen molar-refractivity contribution in [3.8, 4) is 11.4 Å². The van der Waals surface area contributed by atoms with Gasteiger partial charge in [0.25, 0.3) is 5.91 Å². The van der Waals surface area contributed by atoms with Crippen LogP contribution in [-0.2, 0) is 6.42 Å². The molecule has 4 aromatic heterocycles. The quantitative estimate of drug-likeness (QED) is 0.526. The highest BCUT2D eigenvalue weighted by Gasteiger charge is 2.23. The van der Waals surface area contributed by atoms with Crippen molar-refractivity contribution in [2.75, 3.05) is 6.54 Å². The maximum absolute atomic E-state index is 13.0. The second-order valence-electron chi connectivity index (χ2n) is 7.87. The minimum atomic E-state index is -0.0548. The summed E-state index contributed by atoms with van der Waals surface area (Å²) in [4.78, 5) is 17.1. The van der Waals surface area contributed by atoms with Gasteiger partial charge in [-0.1, -0.05) is 25.0 Å². The van der Waals surface area contributed by atoms with Crippen molar-refractivity contribution < 1.29 is 4.79 Å². The predicted molar refractivity (Wildman–Crippen MR) is 116 cm³/mol. The molecule has 0 aliphatic heterocycles. The van der Waals surface area contributed by atoms with E-state index in [4.69, 9.17) is 0 Å². The van der Waals surface area contributed by atoms with Crippen molar-refractivity contribution in [1.82, 2.24) is 24.5 Å². The molecule has 0 spiro atoms. The largest absolute Gasteiger partial charge is 0.352 e. The number of carbonyl (C=O) groups is 1. The lowest BCUT2D eigenvalue weighted by molar-refractivity contribution is 0.0956. The average Bonchev–Trinajstić information content (AvgIpc) is 3.53. The topological polar surface area (TPSA) is 64.2 Å². The smallest absolute Gasteiger partial charge is 0.253 e. The van der Waals surface area contributed by atoms with E-state index in [2.05, 4.69) is 30.5 Å². The maximum Gasteiger partial charge on any atom is 0.253 e. The zero-order valence-electron chi connectivity index (χ0n) is 16.9. The average molecular weight is 399 g/mol. The van der Waals surface area contributed by atoms with Crippen LogP contribution in [0.4, 0.5) is 0 Å². The lowest BCUT2D eigenvalue weighted by Crippen LogP contribution is -2.25. The Hall–Kier alpha value is -3.41. The van der Waals surface area contributed by atoms with Gasteiger partial charge in [-0.3, -0.25) is 14.5 Å². The Morgan fingerprint density at radius 2 is 1.97 bits per heavy atom. The first-order chi connectivity index (χ1) is 14.8. The highest BCUT2D eigenvalue weighted by molar-refractivity contribution is 6.02. The van der Waals surface area contributed by atoms with Crippen LogP contribution in [0.25, 0.3) is 16.9 Å². The zero-order chi connectivity index (χ0) is 20.3. The number of hydrogen-bond donors (Lipinski definition) is 1. The van der Waals surface area contributed by atoms with Crippen molar-refractivity contribution in [1.29, 1.82) is 0 Å². The van der Waals surface area contributed by atoms with E-state index in [0.717, 1.165) is 28.9 Å². The van der Waals surface area contributed by atoms with Crippen molar-refractivity contribution in [2.45, 2.75) is 38.1 Å². The fraction of sp³-hybridized carbons (Fsp3) is 0.292. The lowest BCUT2D eigenvalue weighted by Gasteiger charge is -2.14. The Morgan fingerprint density at radius 3 is 2.80 bits per heavy atom. The lowest BCUT2D eigenvalue weighted by atomic mass is 10.2. The van der Waals surface area contributed by atoms with Gasteiger partial charge in [-0.2, -0.15) is 5.10 Å². The van der Waals surface area contributed by atoms with Crippen LogP contribution in [0.1, 0.15) is 47.6 Å². The number of rotatable bonds is 6. The Morgan fingerprint density at radius 1 is 1.07 bits per heavy atom. The summed E-state index contributed by atoms with van der Waals surface area (Å²) >= 11 is 0. The fourth-order valence-electron chi connectivity index (χ4n) is 4.45. The van der Waals surface area contributed by atoms with Gasteiger partial charge in [-0.05, 0) is 55.2 Å². The molecule has 4 aromatic rings. The number of fused-ring (bicyclic) bond motifs is 1. The Balaban J connectivity index is 1.43. The molecule has 1 fully saturated rings. The molecule has 6 nitrogen and oxygen atoms in total. The molecule has 1 saturated carbocycles. The molecule has 1 aliphatic rings. The molecular formula is C24H25N5O. The van der Waals surface area contributed by atoms with Gasteiger partial charge in [0.15, 0.2) is 0 Å². The van der Waals surface area contributed by atoms with Gasteiger partial charge in [0, 0.05) is 31.3 Å². The standard InChI is InChI=1S/C24H25N5O/c30-24(26-13-10-18-6-5-12-25-17-18)20-16-23(28-15-4-3-9-21(20)28)22-11-14-27-29(22)19-7-1-2-8-19/h3-6,9,11-12,14-17,19H,1-2,7-8,10,13H2,(H,26,30). The molecule has 1 aliphatic carbocycles. The minimum Gasteiger partial charge on any atom is -0.352 e. The monoisotopic (exact) mass is 399 g/mol. The molecule has 30 heavy (non-hydrogen) atoms. The van der Waals surface area contributed by atoms with Gasteiger partial charge >= 0.3 is 0 Å². The van der Waals surface area contributed by atoms with Crippen LogP contribution < -0.4 is 5.32 Å². The second kappa shape index (κ2) is 8.14. The minimum absolute atomic E-state index is 0.0548. The van der Waals surface area contributed by atoms with Gasteiger partial charge in [0.1, 0.15) is 0 Å². The Kier molecular flexibility index (Phi) is 5.05. The summed E-state index contributed by atoms with van der Waals surface area (Å²) in [5, 5.41) is 7.68. The van der Waals surface area contributed by atoms with Gasteiger partial charge in [-0.15, -0.1) is 0 Å². The summed E-state index contributed by atoms with van der Waals surface area (Å²) in [6.07, 6.45) is 13.1. The second-order valence-corrected chi connectivity index (χ2v) is 7.87. The Labute approximate surface area is 175 Å². The van der Waals surface area contributed by atoms with Crippen LogP contribution in [0.2, 0.25) is 0 Å². The number of carbonyl (C=O) groups excluding carboxylic acids is 1. The van der Waals surface area contributed by atoms with Crippen LogP contribution in [0.5, 0.6) is 0 Å². The third-order valence-electron chi connectivity index (χ3n) is 5.95. The number of nitrogens with zero attached hydrogens (tertiary/aromatic N) is 4. The molecule has 152 valence electrons. The molecule has 1 N–H and O–H groups in total. The van der Waals surface area contributed by atoms with E-state index in [1.165, 1.54) is 25.7 Å². The van der Waals surface area contributed by atoms with E-state index in [-0.39, 0.29) is 5.91 Å². The first kappa shape index (κ1) is 18.6. The third-order valence-corrected chi connectivity index (χ3v) is 5.95. The number of pyridine rings is 2. The van der Waals surface area contributed by atoms with E-state index in [1.54, 1.807) is 6.20 Å². The molecule has 4 heterocycles. The van der Waals surface area contributed by atoms with Gasteiger partial charge in [-0.25, -0.2) is 0 Å². The van der Waals surface area contributed by atoms with Crippen LogP contribution in [0.15, 0.2) is 67.3 Å². The van der Waals surface area contributed by atoms with Crippen LogP contribution in [0.3, 0.4) is 0 Å². The summed E-state index contributed by atoms with van der Waals surface area (Å²) in [5.41, 5.74) is 4.78. The SMILES string of the molecule is O=C(NCCc1cccnc1)c1cc(-c2ccnn2C2CCCC2)n2ccccc12. The number of aromatic nitrogens is 4. The highest BCUT2D eigenvalue weighted by atomic mass is 16.1. The van der Waals surface area contributed by atoms with Gasteiger partial charge in [0.05, 0.1) is 28.5 Å². The molecule has 5 rings (SSSR count). The predicted octanol–water partition coefficient (Wildman–Crippen LogP) is 4.29. The summed E-state index contributed by atoms with van der Waals surface area (Å²) in [6, 6.07) is 14.4. The van der Waals surface area contributed by atoms with E-state index in [1.807, 2.05) is 55.0 Å². The van der Waals surface area contributed by atoms with E-state index in [9.17, 15) is 4.79 Å². The third kappa shape index (κ3) is 3.49. The molecule has 1 amide bonds. The van der Waals surface area contributed by atoms with E-state index < -0.39 is 0 Å². The Bertz CT molecular complexity index is 1150. The number of hydrogen-bond acceptors (Lipinski definition) is 3. The summed E-state index contributed by atoms with van der Waals surface area (Å²) in [6.45, 7) is 0.573. The van der Waals surface area contributed by atoms with Crippen LogP contribution >= 0.6 is 0 Å². The zero-order valence-corrected chi connectivity index (χ0v) is 16.9. The highest BCUT2D eigenvalue weighted by Crippen LogP contribution is 2.34. The molecule has 0 unspecified atom stereocenters. The van der Waals surface area contributed by atoms with Crippen LogP contribution in [0, 0.1) is 0 Å². The molecular weight excluding hydrogens is 374 g/mol. The molecule has 0 bridgehead atoms. The summed E-state index contributed by atoms with van der Waals surface area (Å²) in [5.74, 6) is -0.0548. The summed E-state index contributed by atoms with van der Waals surface area (Å²) < 4.78 is 4.24. The van der Waals surface area contributed by atoms with Crippen molar-refractivity contribution in [3.63, 3.8) is 0 Å². The summed E-state index contributed by atoms with van der Waals surface area (Å²) in [7, 11) is 0. The first-order valence-corrected chi connectivity index (χ1v) is 10.6. The van der Waals surface area contributed by atoms with Crippen LogP contribution in [-0.4, -0.2) is 31.6 Å². The molecule has 0 radical (unpaired) electrons. The van der Waals surface area contributed by atoms with Crippen molar-refractivity contribution in [3.05, 3.63) is 78.4 Å². The molecule has 0 saturated heterocycles. The molecule has 6 heteroatoms. The normalized spacial score (nSPS) is 14.4. The van der Waals surface area contributed by atoms with Crippen molar-refractivity contribution in [2.24, 2.45) is 0 Å². The molecule has 0 atom stereocenters. The fourth-order valence-corrected chi connectivity index (χ4v) is 4.45. The first-order valence-electron chi connectivity index (χ1n) is 10.6. The van der Waals surface area contributed by atoms with Gasteiger partial charge in [0.2, 0.25) is 0 Å². The van der Waals surface area contributed by atoms with Gasteiger partial charge < -0.3 is 9.72 Å². The number of nitrogens with one attached hydrogen (secondary N) is 1. The van der Waals surface area contributed by atoms with Crippen molar-refractivity contribution >= 4 is 11.4 Å². The number of amides is 1. The molecule has 0 aromatic carbocycles. The van der Waals surface area contributed by atoms with E-state index >= 15 is 0 Å². The maximum atomic E-state index is 13.0.